The third kappa shape index (κ3) is 6.29. The number of para-hydroxylation sites is 1. The van der Waals surface area contributed by atoms with E-state index in [9.17, 15) is 0 Å². The van der Waals surface area contributed by atoms with E-state index in [4.69, 9.17) is 14.4 Å². The lowest BCUT2D eigenvalue weighted by Crippen LogP contribution is -2.09. The largest absolute Gasteiger partial charge is 0.456 e. The molecule has 56 heavy (non-hydrogen) atoms. The van der Waals surface area contributed by atoms with Crippen molar-refractivity contribution < 1.29 is 4.42 Å². The van der Waals surface area contributed by atoms with E-state index in [1.165, 1.54) is 11.1 Å². The molecule has 2 aromatic heterocycles. The predicted molar refractivity (Wildman–Crippen MR) is 231 cm³/mol. The maximum atomic E-state index is 6.58. The first kappa shape index (κ1) is 33.0. The second kappa shape index (κ2) is 14.3. The molecule has 2 heterocycles. The van der Waals surface area contributed by atoms with Gasteiger partial charge in [-0.25, -0.2) is 9.97 Å². The van der Waals surface area contributed by atoms with Crippen molar-refractivity contribution in [3.63, 3.8) is 0 Å². The summed E-state index contributed by atoms with van der Waals surface area (Å²) in [4.78, 5) is 12.3. The standard InChI is InChI=1S/C52H35N3O/c1-5-15-36(16-6-1)40-21-13-24-44(33-40)55(42-22-11-4-12-23-42)43-30-27-37(28-31-43)45-25-14-26-49-51(45)46-32-29-41(34-50(46)56-49)48-35-47(38-17-7-2-8-18-38)53-52(54-48)39-19-9-3-10-20-39/h1-35H. The van der Waals surface area contributed by atoms with Crippen molar-refractivity contribution >= 4 is 39.0 Å². The first-order valence-corrected chi connectivity index (χ1v) is 18.8. The van der Waals surface area contributed by atoms with Crippen LogP contribution in [0.1, 0.15) is 0 Å². The molecule has 0 atom stereocenters. The normalized spacial score (nSPS) is 11.2. The van der Waals surface area contributed by atoms with Crippen molar-refractivity contribution in [2.75, 3.05) is 4.90 Å². The van der Waals surface area contributed by atoms with Crippen molar-refractivity contribution in [3.8, 4) is 56.2 Å². The number of hydrogen-bond acceptors (Lipinski definition) is 4. The minimum Gasteiger partial charge on any atom is -0.456 e. The molecule has 0 aliphatic rings. The number of hydrogen-bond donors (Lipinski definition) is 0. The van der Waals surface area contributed by atoms with Crippen molar-refractivity contribution in [1.29, 1.82) is 0 Å². The maximum absolute atomic E-state index is 6.58. The van der Waals surface area contributed by atoms with E-state index in [1.54, 1.807) is 0 Å². The Bertz CT molecular complexity index is 2880. The van der Waals surface area contributed by atoms with Crippen molar-refractivity contribution in [2.24, 2.45) is 0 Å². The van der Waals surface area contributed by atoms with Crippen LogP contribution in [-0.2, 0) is 0 Å². The molecule has 0 aliphatic carbocycles. The number of fused-ring (bicyclic) bond motifs is 3. The Morgan fingerprint density at radius 3 is 1.61 bits per heavy atom. The Morgan fingerprint density at radius 2 is 0.893 bits per heavy atom. The number of aromatic nitrogens is 2. The van der Waals surface area contributed by atoms with Gasteiger partial charge in [0.15, 0.2) is 5.82 Å². The van der Waals surface area contributed by atoms with E-state index in [-0.39, 0.29) is 0 Å². The van der Waals surface area contributed by atoms with Crippen molar-refractivity contribution in [2.45, 2.75) is 0 Å². The maximum Gasteiger partial charge on any atom is 0.160 e. The van der Waals surface area contributed by atoms with Crippen LogP contribution in [0.5, 0.6) is 0 Å². The molecule has 8 aromatic carbocycles. The highest BCUT2D eigenvalue weighted by atomic mass is 16.3. The Labute approximate surface area is 325 Å². The number of nitrogens with zero attached hydrogens (tertiary/aromatic N) is 3. The predicted octanol–water partition coefficient (Wildman–Crippen LogP) is 14.2. The van der Waals surface area contributed by atoms with Gasteiger partial charge in [0.25, 0.3) is 0 Å². The highest BCUT2D eigenvalue weighted by molar-refractivity contribution is 6.13. The van der Waals surface area contributed by atoms with Crippen molar-refractivity contribution in [3.05, 3.63) is 212 Å². The molecule has 10 rings (SSSR count). The van der Waals surface area contributed by atoms with Gasteiger partial charge in [0, 0.05) is 44.5 Å². The minimum atomic E-state index is 0.687. The SMILES string of the molecule is c1ccc(-c2cccc(N(c3ccccc3)c3ccc(-c4cccc5oc6cc(-c7cc(-c8ccccc8)nc(-c8ccccc8)n7)ccc6c45)cc3)c2)cc1. The van der Waals surface area contributed by atoms with E-state index < -0.39 is 0 Å². The van der Waals surface area contributed by atoms with Gasteiger partial charge >= 0.3 is 0 Å². The van der Waals surface area contributed by atoms with Crippen LogP contribution in [0.25, 0.3) is 78.1 Å². The molecular weight excluding hydrogens is 683 g/mol. The molecule has 10 aromatic rings. The highest BCUT2D eigenvalue weighted by Crippen LogP contribution is 2.41. The third-order valence-corrected chi connectivity index (χ3v) is 10.3. The van der Waals surface area contributed by atoms with E-state index in [0.29, 0.717) is 5.82 Å². The van der Waals surface area contributed by atoms with Crippen LogP contribution in [0.3, 0.4) is 0 Å². The summed E-state index contributed by atoms with van der Waals surface area (Å²) in [7, 11) is 0. The summed E-state index contributed by atoms with van der Waals surface area (Å²) >= 11 is 0. The van der Waals surface area contributed by atoms with Gasteiger partial charge in [0.05, 0.1) is 11.4 Å². The smallest absolute Gasteiger partial charge is 0.160 e. The Kier molecular flexibility index (Phi) is 8.47. The second-order valence-electron chi connectivity index (χ2n) is 13.8. The van der Waals surface area contributed by atoms with Gasteiger partial charge in [-0.2, -0.15) is 0 Å². The lowest BCUT2D eigenvalue weighted by molar-refractivity contribution is 0.669. The highest BCUT2D eigenvalue weighted by Gasteiger charge is 2.18. The zero-order valence-electron chi connectivity index (χ0n) is 30.5. The lowest BCUT2D eigenvalue weighted by atomic mass is 9.98. The Morgan fingerprint density at radius 1 is 0.339 bits per heavy atom. The molecule has 0 radical (unpaired) electrons. The molecule has 0 spiro atoms. The van der Waals surface area contributed by atoms with E-state index >= 15 is 0 Å². The van der Waals surface area contributed by atoms with Gasteiger partial charge < -0.3 is 9.32 Å². The fourth-order valence-corrected chi connectivity index (χ4v) is 7.56. The molecule has 4 heteroatoms. The van der Waals surface area contributed by atoms with Gasteiger partial charge in [-0.15, -0.1) is 0 Å². The molecule has 0 N–H and O–H groups in total. The quantitative estimate of drug-likeness (QED) is 0.157. The summed E-state index contributed by atoms with van der Waals surface area (Å²) in [6.07, 6.45) is 0. The van der Waals surface area contributed by atoms with Crippen LogP contribution in [0.4, 0.5) is 17.1 Å². The summed E-state index contributed by atoms with van der Waals surface area (Å²) in [5.41, 5.74) is 14.2. The first-order chi connectivity index (χ1) is 27.7. The summed E-state index contributed by atoms with van der Waals surface area (Å²) < 4.78 is 6.58. The molecule has 0 saturated carbocycles. The van der Waals surface area contributed by atoms with E-state index in [0.717, 1.165) is 78.2 Å². The molecule has 0 amide bonds. The zero-order valence-corrected chi connectivity index (χ0v) is 30.5. The molecule has 0 saturated heterocycles. The summed E-state index contributed by atoms with van der Waals surface area (Å²) in [5.74, 6) is 0.687. The molecule has 264 valence electrons. The van der Waals surface area contributed by atoms with Gasteiger partial charge in [-0.1, -0.05) is 152 Å². The zero-order chi connectivity index (χ0) is 37.3. The van der Waals surface area contributed by atoms with Crippen LogP contribution < -0.4 is 4.90 Å². The number of rotatable bonds is 8. The summed E-state index contributed by atoms with van der Waals surface area (Å²) in [5, 5.41) is 2.16. The summed E-state index contributed by atoms with van der Waals surface area (Å²) in [6.45, 7) is 0. The number of anilines is 3. The minimum absolute atomic E-state index is 0.687. The van der Waals surface area contributed by atoms with Crippen LogP contribution in [0, 0.1) is 0 Å². The van der Waals surface area contributed by atoms with Gasteiger partial charge in [-0.05, 0) is 82.9 Å². The van der Waals surface area contributed by atoms with Crippen LogP contribution >= 0.6 is 0 Å². The molecule has 0 fully saturated rings. The fraction of sp³-hybridized carbons (Fsp3) is 0. The number of furan rings is 1. The molecule has 0 unspecified atom stereocenters. The first-order valence-electron chi connectivity index (χ1n) is 18.8. The Hall–Kier alpha value is -7.56. The third-order valence-electron chi connectivity index (χ3n) is 10.3. The second-order valence-corrected chi connectivity index (χ2v) is 13.8. The van der Waals surface area contributed by atoms with Gasteiger partial charge in [0.2, 0.25) is 0 Å². The Balaban J connectivity index is 1.03. The fourth-order valence-electron chi connectivity index (χ4n) is 7.56. The molecule has 4 nitrogen and oxygen atoms in total. The van der Waals surface area contributed by atoms with Crippen LogP contribution in [-0.4, -0.2) is 9.97 Å². The molecule has 0 aliphatic heterocycles. The average Bonchev–Trinajstić information content (AvgIpc) is 3.66. The number of benzene rings is 8. The van der Waals surface area contributed by atoms with E-state index in [1.807, 2.05) is 48.5 Å². The lowest BCUT2D eigenvalue weighted by Gasteiger charge is -2.26. The van der Waals surface area contributed by atoms with Crippen molar-refractivity contribution in [1.82, 2.24) is 9.97 Å². The topological polar surface area (TPSA) is 42.2 Å². The average molecular weight is 718 g/mol. The van der Waals surface area contributed by atoms with Crippen LogP contribution in [0.15, 0.2) is 217 Å². The summed E-state index contributed by atoms with van der Waals surface area (Å²) in [6, 6.07) is 73.8. The van der Waals surface area contributed by atoms with Gasteiger partial charge in [-0.3, -0.25) is 0 Å². The molecule has 0 bridgehead atoms. The molecular formula is C52H35N3O. The van der Waals surface area contributed by atoms with Gasteiger partial charge in [0.1, 0.15) is 11.2 Å². The van der Waals surface area contributed by atoms with E-state index in [2.05, 4.69) is 169 Å². The van der Waals surface area contributed by atoms with Crippen LogP contribution in [0.2, 0.25) is 0 Å². The monoisotopic (exact) mass is 717 g/mol.